The van der Waals surface area contributed by atoms with Crippen molar-refractivity contribution in [1.29, 1.82) is 0 Å². The summed E-state index contributed by atoms with van der Waals surface area (Å²) < 4.78 is 2.37. The van der Waals surface area contributed by atoms with Crippen LogP contribution in [0.25, 0.3) is 0 Å². The van der Waals surface area contributed by atoms with Crippen molar-refractivity contribution in [2.75, 3.05) is 11.6 Å². The predicted octanol–water partition coefficient (Wildman–Crippen LogP) is 2.13. The fourth-order valence-electron chi connectivity index (χ4n) is 1.11. The molecule has 0 amide bonds. The van der Waals surface area contributed by atoms with Gasteiger partial charge in [0.15, 0.2) is 0 Å². The third-order valence-corrected chi connectivity index (χ3v) is 3.88. The van der Waals surface area contributed by atoms with Gasteiger partial charge in [-0.1, -0.05) is 29.5 Å². The van der Waals surface area contributed by atoms with Crippen molar-refractivity contribution >= 4 is 15.4 Å². The largest absolute Gasteiger partial charge is 0.402 e. The maximum atomic E-state index is 2.37. The normalized spacial score (nSPS) is 10.4. The lowest BCUT2D eigenvalue weighted by atomic mass is 10.3. The molecule has 0 N–H and O–H groups in total. The lowest BCUT2D eigenvalue weighted by Crippen LogP contribution is -2.20. The number of hydrogen-bond acceptors (Lipinski definition) is 1. The minimum atomic E-state index is -0.239. The van der Waals surface area contributed by atoms with Gasteiger partial charge >= 0.3 is 0 Å². The minimum Gasteiger partial charge on any atom is -0.402 e. The summed E-state index contributed by atoms with van der Waals surface area (Å²) in [6, 6.07) is 10.5. The third-order valence-electron chi connectivity index (χ3n) is 1.97. The zero-order valence-corrected chi connectivity index (χ0v) is 10.0. The van der Waals surface area contributed by atoms with Gasteiger partial charge in [0.1, 0.15) is 9.68 Å². The Morgan fingerprint density at radius 1 is 1.23 bits per heavy atom. The molecule has 0 fully saturated rings. The molecule has 0 aliphatic heterocycles. The second-order valence-corrected chi connectivity index (χ2v) is 5.22. The number of allylic oxidation sites excluding steroid dienone is 1. The molecule has 0 unspecified atom stereocenters. The molecule has 0 spiro atoms. The van der Waals surface area contributed by atoms with Crippen LogP contribution in [0.5, 0.6) is 0 Å². The van der Waals surface area contributed by atoms with Gasteiger partial charge in [-0.05, 0) is 33.0 Å². The minimum absolute atomic E-state index is 0.239. The van der Waals surface area contributed by atoms with E-state index in [1.54, 1.807) is 0 Å². The number of rotatable bonds is 3. The molecule has 70 valence electrons. The van der Waals surface area contributed by atoms with Crippen molar-refractivity contribution < 1.29 is 0 Å². The molecule has 0 atom stereocenters. The SMILES string of the molecule is CC(C)=C[SiH2]N(C)c1ccccc1. The van der Waals surface area contributed by atoms with E-state index in [1.165, 1.54) is 11.3 Å². The van der Waals surface area contributed by atoms with Gasteiger partial charge in [0.05, 0.1) is 0 Å². The smallest absolute Gasteiger partial charge is 0.148 e. The highest BCUT2D eigenvalue weighted by Crippen LogP contribution is 2.09. The van der Waals surface area contributed by atoms with E-state index in [2.05, 4.69) is 61.5 Å². The maximum absolute atomic E-state index is 2.37. The average molecular weight is 191 g/mol. The van der Waals surface area contributed by atoms with Gasteiger partial charge in [0.25, 0.3) is 0 Å². The Balaban J connectivity index is 2.59. The van der Waals surface area contributed by atoms with Crippen LogP contribution in [0.3, 0.4) is 0 Å². The maximum Gasteiger partial charge on any atom is 0.148 e. The summed E-state index contributed by atoms with van der Waals surface area (Å²) in [5.74, 6) is 0. The van der Waals surface area contributed by atoms with E-state index in [0.29, 0.717) is 0 Å². The number of benzene rings is 1. The second kappa shape index (κ2) is 4.87. The monoisotopic (exact) mass is 191 g/mol. The summed E-state index contributed by atoms with van der Waals surface area (Å²) in [6.07, 6.45) is 0. The zero-order valence-electron chi connectivity index (χ0n) is 8.62. The zero-order chi connectivity index (χ0) is 9.68. The van der Waals surface area contributed by atoms with Crippen LogP contribution in [0.15, 0.2) is 41.6 Å². The van der Waals surface area contributed by atoms with Crippen molar-refractivity contribution in [3.8, 4) is 0 Å². The van der Waals surface area contributed by atoms with E-state index in [-0.39, 0.29) is 9.68 Å². The van der Waals surface area contributed by atoms with Crippen molar-refractivity contribution in [2.45, 2.75) is 13.8 Å². The molecule has 1 rings (SSSR count). The van der Waals surface area contributed by atoms with Crippen LogP contribution in [0.2, 0.25) is 0 Å². The van der Waals surface area contributed by atoms with Crippen molar-refractivity contribution in [2.24, 2.45) is 0 Å². The second-order valence-electron chi connectivity index (χ2n) is 3.50. The molecule has 2 heteroatoms. The highest BCUT2D eigenvalue weighted by atomic mass is 28.2. The summed E-state index contributed by atoms with van der Waals surface area (Å²) in [5, 5.41) is 0. The van der Waals surface area contributed by atoms with Crippen LogP contribution in [0.4, 0.5) is 5.69 Å². The number of nitrogens with zero attached hydrogens (tertiary/aromatic N) is 1. The quantitative estimate of drug-likeness (QED) is 0.662. The third kappa shape index (κ3) is 3.47. The Hall–Kier alpha value is -1.02. The molecule has 13 heavy (non-hydrogen) atoms. The van der Waals surface area contributed by atoms with E-state index in [4.69, 9.17) is 0 Å². The summed E-state index contributed by atoms with van der Waals surface area (Å²) >= 11 is 0. The van der Waals surface area contributed by atoms with Gasteiger partial charge in [0.2, 0.25) is 0 Å². The molecule has 0 aliphatic rings. The molecule has 0 radical (unpaired) electrons. The van der Waals surface area contributed by atoms with E-state index in [9.17, 15) is 0 Å². The molecule has 1 aromatic carbocycles. The molecular weight excluding hydrogens is 174 g/mol. The van der Waals surface area contributed by atoms with Crippen molar-refractivity contribution in [1.82, 2.24) is 0 Å². The van der Waals surface area contributed by atoms with Crippen molar-refractivity contribution in [3.63, 3.8) is 0 Å². The molecule has 0 saturated carbocycles. The first-order chi connectivity index (χ1) is 6.20. The molecule has 0 bridgehead atoms. The highest BCUT2D eigenvalue weighted by Gasteiger charge is 1.96. The molecule has 0 aromatic heterocycles. The van der Waals surface area contributed by atoms with Crippen LogP contribution < -0.4 is 4.57 Å². The lowest BCUT2D eigenvalue weighted by molar-refractivity contribution is 1.32. The highest BCUT2D eigenvalue weighted by molar-refractivity contribution is 6.47. The van der Waals surface area contributed by atoms with Gasteiger partial charge in [-0.3, -0.25) is 0 Å². The summed E-state index contributed by atoms with van der Waals surface area (Å²) in [5.41, 5.74) is 5.12. The molecule has 0 saturated heterocycles. The Morgan fingerprint density at radius 3 is 2.38 bits per heavy atom. The molecule has 0 aliphatic carbocycles. The average Bonchev–Trinajstić information content (AvgIpc) is 2.15. The molecule has 1 nitrogen and oxygen atoms in total. The van der Waals surface area contributed by atoms with Gasteiger partial charge < -0.3 is 4.57 Å². The van der Waals surface area contributed by atoms with E-state index in [1.807, 2.05) is 0 Å². The Labute approximate surface area is 83.0 Å². The first-order valence-corrected chi connectivity index (χ1v) is 6.04. The van der Waals surface area contributed by atoms with Crippen molar-refractivity contribution in [3.05, 3.63) is 41.6 Å². The topological polar surface area (TPSA) is 3.24 Å². The van der Waals surface area contributed by atoms with Crippen LogP contribution in [0.1, 0.15) is 13.8 Å². The fraction of sp³-hybridized carbons (Fsp3) is 0.273. The Morgan fingerprint density at radius 2 is 1.85 bits per heavy atom. The summed E-state index contributed by atoms with van der Waals surface area (Å²) in [4.78, 5) is 0. The first-order valence-electron chi connectivity index (χ1n) is 4.59. The van der Waals surface area contributed by atoms with E-state index in [0.717, 1.165) is 0 Å². The first kappa shape index (κ1) is 10.1. The Bertz CT molecular complexity index is 275. The molecule has 0 heterocycles. The number of hydrogen-bond donors (Lipinski definition) is 0. The number of para-hydroxylation sites is 1. The summed E-state index contributed by atoms with van der Waals surface area (Å²) in [7, 11) is 1.93. The summed E-state index contributed by atoms with van der Waals surface area (Å²) in [6.45, 7) is 4.32. The lowest BCUT2D eigenvalue weighted by Gasteiger charge is -2.16. The van der Waals surface area contributed by atoms with Gasteiger partial charge in [-0.25, -0.2) is 0 Å². The van der Waals surface area contributed by atoms with Crippen LogP contribution in [-0.2, 0) is 0 Å². The van der Waals surface area contributed by atoms with Gasteiger partial charge in [-0.15, -0.1) is 0 Å². The fourth-order valence-corrected chi connectivity index (χ4v) is 2.17. The van der Waals surface area contributed by atoms with E-state index >= 15 is 0 Å². The number of anilines is 1. The molecule has 1 aromatic rings. The molecular formula is C11H17NSi. The van der Waals surface area contributed by atoms with Crippen LogP contribution in [0, 0.1) is 0 Å². The van der Waals surface area contributed by atoms with Gasteiger partial charge in [-0.2, -0.15) is 0 Å². The van der Waals surface area contributed by atoms with Crippen LogP contribution >= 0.6 is 0 Å². The Kier molecular flexibility index (Phi) is 3.77. The standard InChI is InChI=1S/C11H17NSi/c1-10(2)9-13-12(3)11-7-5-4-6-8-11/h4-9H,13H2,1-3H3. The van der Waals surface area contributed by atoms with Crippen LogP contribution in [-0.4, -0.2) is 16.7 Å². The predicted molar refractivity (Wildman–Crippen MR) is 62.8 cm³/mol. The van der Waals surface area contributed by atoms with Gasteiger partial charge in [0, 0.05) is 5.69 Å². The van der Waals surface area contributed by atoms with E-state index < -0.39 is 0 Å².